The van der Waals surface area contributed by atoms with E-state index in [1.807, 2.05) is 31.2 Å². The minimum atomic E-state index is -3.92. The van der Waals surface area contributed by atoms with Crippen LogP contribution in [0, 0.1) is 11.3 Å². The molecule has 164 valence electrons. The van der Waals surface area contributed by atoms with Crippen LogP contribution in [-0.2, 0) is 16.4 Å². The maximum atomic E-state index is 12.8. The lowest BCUT2D eigenvalue weighted by Crippen LogP contribution is -2.03. The Morgan fingerprint density at radius 3 is 2.44 bits per heavy atom. The van der Waals surface area contributed by atoms with Crippen LogP contribution in [0.25, 0.3) is 6.08 Å². The van der Waals surface area contributed by atoms with Gasteiger partial charge >= 0.3 is 0 Å². The molecule has 6 nitrogen and oxygen atoms in total. The third-order valence-corrected chi connectivity index (χ3v) is 6.23. The van der Waals surface area contributed by atoms with Crippen LogP contribution in [0.15, 0.2) is 82.6 Å². The van der Waals surface area contributed by atoms with E-state index in [9.17, 15) is 13.7 Å². The molecular weight excluding hydrogens is 426 g/mol. The fourth-order valence-electron chi connectivity index (χ4n) is 2.97. The van der Waals surface area contributed by atoms with E-state index in [-0.39, 0.29) is 9.80 Å². The quantitative estimate of drug-likeness (QED) is 0.427. The number of benzene rings is 3. The summed E-state index contributed by atoms with van der Waals surface area (Å²) >= 11 is 0. The van der Waals surface area contributed by atoms with Gasteiger partial charge in [-0.1, -0.05) is 36.4 Å². The molecule has 3 rings (SSSR count). The number of nitrogens with zero attached hydrogens (tertiary/aromatic N) is 1. The Kier molecular flexibility index (Phi) is 7.53. The van der Waals surface area contributed by atoms with Crippen molar-refractivity contribution in [1.82, 2.24) is 0 Å². The van der Waals surface area contributed by atoms with E-state index in [2.05, 4.69) is 0 Å². The zero-order valence-corrected chi connectivity index (χ0v) is 18.6. The summed E-state index contributed by atoms with van der Waals surface area (Å²) in [7, 11) is -2.32. The van der Waals surface area contributed by atoms with Crippen molar-refractivity contribution in [3.05, 3.63) is 88.8 Å². The lowest BCUT2D eigenvalue weighted by atomic mass is 10.2. The standard InChI is InChI=1S/C25H23NO5S/c1-3-30-25-16-19(15-23(17-26)32(27,28)22-10-5-4-6-11-22)12-13-24(25)31-18-20-8-7-9-21(14-20)29-2/h4-16H,3,18H2,1-2H3/b23-15-. The van der Waals surface area contributed by atoms with E-state index in [1.54, 1.807) is 49.6 Å². The van der Waals surface area contributed by atoms with E-state index in [4.69, 9.17) is 14.2 Å². The molecule has 0 atom stereocenters. The van der Waals surface area contributed by atoms with Gasteiger partial charge in [0.1, 0.15) is 23.3 Å². The predicted octanol–water partition coefficient (Wildman–Crippen LogP) is 5.01. The molecule has 0 aliphatic heterocycles. The van der Waals surface area contributed by atoms with E-state index < -0.39 is 9.84 Å². The highest BCUT2D eigenvalue weighted by molar-refractivity contribution is 7.95. The van der Waals surface area contributed by atoms with Crippen LogP contribution in [0.4, 0.5) is 0 Å². The normalized spacial score (nSPS) is 11.5. The maximum absolute atomic E-state index is 12.8. The van der Waals surface area contributed by atoms with Gasteiger partial charge in [-0.05, 0) is 60.5 Å². The summed E-state index contributed by atoms with van der Waals surface area (Å²) in [5.74, 6) is 1.70. The minimum absolute atomic E-state index is 0.0658. The highest BCUT2D eigenvalue weighted by Crippen LogP contribution is 2.31. The smallest absolute Gasteiger partial charge is 0.216 e. The van der Waals surface area contributed by atoms with Gasteiger partial charge in [-0.15, -0.1) is 0 Å². The summed E-state index contributed by atoms with van der Waals surface area (Å²) in [6, 6.07) is 22.2. The van der Waals surface area contributed by atoms with Gasteiger partial charge in [0.15, 0.2) is 11.5 Å². The SMILES string of the molecule is CCOc1cc(/C=C(/C#N)S(=O)(=O)c2ccccc2)ccc1OCc1cccc(OC)c1. The Labute approximate surface area is 188 Å². The van der Waals surface area contributed by atoms with Crippen molar-refractivity contribution in [2.75, 3.05) is 13.7 Å². The lowest BCUT2D eigenvalue weighted by Gasteiger charge is -2.13. The summed E-state index contributed by atoms with van der Waals surface area (Å²) in [6.45, 7) is 2.54. The molecule has 0 aliphatic rings. The van der Waals surface area contributed by atoms with Gasteiger partial charge in [-0.25, -0.2) is 8.42 Å². The second-order valence-electron chi connectivity index (χ2n) is 6.72. The van der Waals surface area contributed by atoms with E-state index in [0.29, 0.717) is 30.3 Å². The zero-order valence-electron chi connectivity index (χ0n) is 17.8. The van der Waals surface area contributed by atoms with Gasteiger partial charge in [0.2, 0.25) is 9.84 Å². The fourth-order valence-corrected chi connectivity index (χ4v) is 4.15. The van der Waals surface area contributed by atoms with Crippen molar-refractivity contribution in [2.45, 2.75) is 18.4 Å². The second-order valence-corrected chi connectivity index (χ2v) is 8.63. The Balaban J connectivity index is 1.88. The Morgan fingerprint density at radius 2 is 1.75 bits per heavy atom. The van der Waals surface area contributed by atoms with Crippen molar-refractivity contribution >= 4 is 15.9 Å². The molecule has 0 saturated carbocycles. The summed E-state index contributed by atoms with van der Waals surface area (Å²) in [5.41, 5.74) is 1.44. The molecule has 0 aromatic heterocycles. The lowest BCUT2D eigenvalue weighted by molar-refractivity contribution is 0.269. The van der Waals surface area contributed by atoms with Crippen molar-refractivity contribution in [2.24, 2.45) is 0 Å². The van der Waals surface area contributed by atoms with Crippen LogP contribution in [0.3, 0.4) is 0 Å². The summed E-state index contributed by atoms with van der Waals surface area (Å²) in [5, 5.41) is 9.50. The van der Waals surface area contributed by atoms with Crippen molar-refractivity contribution in [3.63, 3.8) is 0 Å². The molecular formula is C25H23NO5S. The molecule has 0 aliphatic carbocycles. The van der Waals surface area contributed by atoms with Crippen LogP contribution in [0.5, 0.6) is 17.2 Å². The topological polar surface area (TPSA) is 85.6 Å². The zero-order chi connectivity index (χ0) is 23.0. The van der Waals surface area contributed by atoms with Gasteiger partial charge in [-0.3, -0.25) is 0 Å². The molecule has 0 N–H and O–H groups in total. The van der Waals surface area contributed by atoms with E-state index in [0.717, 1.165) is 11.3 Å². The van der Waals surface area contributed by atoms with Crippen molar-refractivity contribution in [1.29, 1.82) is 5.26 Å². The first-order valence-electron chi connectivity index (χ1n) is 9.92. The number of methoxy groups -OCH3 is 1. The molecule has 3 aromatic carbocycles. The van der Waals surface area contributed by atoms with Crippen LogP contribution in [-0.4, -0.2) is 22.1 Å². The predicted molar refractivity (Wildman–Crippen MR) is 122 cm³/mol. The van der Waals surface area contributed by atoms with Crippen LogP contribution < -0.4 is 14.2 Å². The number of hydrogen-bond donors (Lipinski definition) is 0. The number of ether oxygens (including phenoxy) is 3. The number of sulfone groups is 1. The van der Waals surface area contributed by atoms with E-state index >= 15 is 0 Å². The number of nitriles is 1. The molecule has 7 heteroatoms. The largest absolute Gasteiger partial charge is 0.497 e. The monoisotopic (exact) mass is 449 g/mol. The molecule has 0 saturated heterocycles. The molecule has 0 radical (unpaired) electrons. The summed E-state index contributed by atoms with van der Waals surface area (Å²) < 4.78 is 42.4. The first kappa shape index (κ1) is 22.9. The summed E-state index contributed by atoms with van der Waals surface area (Å²) in [4.78, 5) is -0.285. The third-order valence-electron chi connectivity index (χ3n) is 4.55. The average molecular weight is 450 g/mol. The van der Waals surface area contributed by atoms with Gasteiger partial charge in [0.25, 0.3) is 0 Å². The van der Waals surface area contributed by atoms with Gasteiger partial charge in [0.05, 0.1) is 18.6 Å². The Hall–Kier alpha value is -3.76. The first-order valence-corrected chi connectivity index (χ1v) is 11.4. The molecule has 3 aromatic rings. The number of hydrogen-bond acceptors (Lipinski definition) is 6. The second kappa shape index (κ2) is 10.5. The Bertz CT molecular complexity index is 1240. The molecule has 0 amide bonds. The van der Waals surface area contributed by atoms with Crippen LogP contribution in [0.1, 0.15) is 18.1 Å². The summed E-state index contributed by atoms with van der Waals surface area (Å²) in [6.07, 6.45) is 1.33. The third kappa shape index (κ3) is 5.48. The van der Waals surface area contributed by atoms with Crippen LogP contribution >= 0.6 is 0 Å². The molecule has 0 unspecified atom stereocenters. The molecule has 0 spiro atoms. The van der Waals surface area contributed by atoms with Crippen LogP contribution in [0.2, 0.25) is 0 Å². The highest BCUT2D eigenvalue weighted by Gasteiger charge is 2.20. The maximum Gasteiger partial charge on any atom is 0.216 e. The van der Waals surface area contributed by atoms with E-state index in [1.165, 1.54) is 18.2 Å². The molecule has 0 heterocycles. The molecule has 32 heavy (non-hydrogen) atoms. The fraction of sp³-hybridized carbons (Fsp3) is 0.160. The highest BCUT2D eigenvalue weighted by atomic mass is 32.2. The average Bonchev–Trinajstić information content (AvgIpc) is 2.82. The first-order chi connectivity index (χ1) is 15.5. The van der Waals surface area contributed by atoms with Gasteiger partial charge in [-0.2, -0.15) is 5.26 Å². The molecule has 0 fully saturated rings. The molecule has 0 bridgehead atoms. The van der Waals surface area contributed by atoms with Gasteiger partial charge in [0, 0.05) is 0 Å². The van der Waals surface area contributed by atoms with Crippen molar-refractivity contribution < 1.29 is 22.6 Å². The number of rotatable bonds is 9. The Morgan fingerprint density at radius 1 is 0.969 bits per heavy atom. The van der Waals surface area contributed by atoms with Crippen molar-refractivity contribution in [3.8, 4) is 23.3 Å². The van der Waals surface area contributed by atoms with Gasteiger partial charge < -0.3 is 14.2 Å². The number of allylic oxidation sites excluding steroid dienone is 1. The minimum Gasteiger partial charge on any atom is -0.497 e.